The van der Waals surface area contributed by atoms with Crippen molar-refractivity contribution in [3.05, 3.63) is 48.0 Å². The maximum atomic E-state index is 13.1. The zero-order chi connectivity index (χ0) is 23.5. The summed E-state index contributed by atoms with van der Waals surface area (Å²) in [5.41, 5.74) is 2.34. The molecular formula is C26H37N5O2. The van der Waals surface area contributed by atoms with Crippen molar-refractivity contribution in [2.24, 2.45) is 5.92 Å². The van der Waals surface area contributed by atoms with Crippen LogP contribution >= 0.6 is 0 Å². The zero-order valence-corrected chi connectivity index (χ0v) is 20.5. The first-order valence-corrected chi connectivity index (χ1v) is 12.1. The Bertz CT molecular complexity index is 1060. The van der Waals surface area contributed by atoms with Crippen molar-refractivity contribution in [3.8, 4) is 0 Å². The molecule has 2 aromatic heterocycles. The molecule has 0 bridgehead atoms. The molecule has 1 amide bonds. The average molecular weight is 452 g/mol. The van der Waals surface area contributed by atoms with Crippen molar-refractivity contribution in [3.63, 3.8) is 0 Å². The van der Waals surface area contributed by atoms with Gasteiger partial charge in [-0.3, -0.25) is 9.69 Å². The molecule has 1 aliphatic rings. The van der Waals surface area contributed by atoms with E-state index in [4.69, 9.17) is 4.42 Å². The van der Waals surface area contributed by atoms with Gasteiger partial charge in [-0.15, -0.1) is 0 Å². The van der Waals surface area contributed by atoms with Crippen LogP contribution in [0, 0.1) is 5.92 Å². The van der Waals surface area contributed by atoms with Gasteiger partial charge < -0.3 is 19.6 Å². The Morgan fingerprint density at radius 2 is 1.94 bits per heavy atom. The van der Waals surface area contributed by atoms with E-state index in [1.807, 2.05) is 6.07 Å². The molecular weight excluding hydrogens is 414 g/mol. The lowest BCUT2D eigenvalue weighted by molar-refractivity contribution is 0.0905. The molecule has 0 radical (unpaired) electrons. The van der Waals surface area contributed by atoms with Gasteiger partial charge in [0.25, 0.3) is 11.9 Å². The van der Waals surface area contributed by atoms with Crippen LogP contribution in [-0.4, -0.2) is 59.0 Å². The van der Waals surface area contributed by atoms with E-state index in [-0.39, 0.29) is 17.7 Å². The highest BCUT2D eigenvalue weighted by atomic mass is 16.4. The Hall–Kier alpha value is -2.80. The summed E-state index contributed by atoms with van der Waals surface area (Å²) < 4.78 is 5.93. The minimum Gasteiger partial charge on any atom is -0.418 e. The van der Waals surface area contributed by atoms with Crippen molar-refractivity contribution in [1.82, 2.24) is 20.2 Å². The Labute approximate surface area is 196 Å². The minimum atomic E-state index is -0.197. The van der Waals surface area contributed by atoms with E-state index < -0.39 is 0 Å². The molecule has 0 spiro atoms. The second-order valence-electron chi connectivity index (χ2n) is 9.98. The molecule has 33 heavy (non-hydrogen) atoms. The van der Waals surface area contributed by atoms with Crippen LogP contribution in [0.25, 0.3) is 10.9 Å². The molecule has 3 heterocycles. The molecule has 1 fully saturated rings. The fourth-order valence-corrected chi connectivity index (χ4v) is 4.66. The maximum absolute atomic E-state index is 13.1. The summed E-state index contributed by atoms with van der Waals surface area (Å²) in [6.07, 6.45) is 6.35. The average Bonchev–Trinajstić information content (AvgIpc) is 3.43. The zero-order valence-electron chi connectivity index (χ0n) is 20.5. The lowest BCUT2D eigenvalue weighted by Crippen LogP contribution is -2.55. The van der Waals surface area contributed by atoms with Crippen LogP contribution in [0.15, 0.2) is 41.1 Å². The first-order chi connectivity index (χ1) is 15.8. The van der Waals surface area contributed by atoms with E-state index in [1.54, 1.807) is 6.20 Å². The number of carbonyl (C=O) groups is 1. The predicted octanol–water partition coefficient (Wildman–Crippen LogP) is 4.46. The number of amides is 1. The van der Waals surface area contributed by atoms with Crippen LogP contribution in [0.3, 0.4) is 0 Å². The molecule has 0 saturated carbocycles. The molecule has 178 valence electrons. The number of aromatic amines is 1. The van der Waals surface area contributed by atoms with Crippen molar-refractivity contribution in [1.29, 1.82) is 0 Å². The van der Waals surface area contributed by atoms with Crippen LogP contribution in [0.2, 0.25) is 0 Å². The second-order valence-corrected chi connectivity index (χ2v) is 9.98. The lowest BCUT2D eigenvalue weighted by atomic mass is 9.97. The third-order valence-corrected chi connectivity index (χ3v) is 6.92. The van der Waals surface area contributed by atoms with Crippen LogP contribution in [0.5, 0.6) is 0 Å². The maximum Gasteiger partial charge on any atom is 0.298 e. The number of anilines is 1. The molecule has 2 N–H and O–H groups in total. The molecule has 7 heteroatoms. The number of nitrogens with zero attached hydrogens (tertiary/aromatic N) is 3. The number of hydrogen-bond donors (Lipinski definition) is 2. The molecule has 7 nitrogen and oxygen atoms in total. The number of hydrogen-bond acceptors (Lipinski definition) is 5. The summed E-state index contributed by atoms with van der Waals surface area (Å²) in [6, 6.07) is 9.64. The normalized spacial score (nSPS) is 20.5. The number of likely N-dealkylation sites (N-methyl/N-ethyl adjacent to an activating group) is 1. The third kappa shape index (κ3) is 5.41. The number of piperazine rings is 1. The lowest BCUT2D eigenvalue weighted by Gasteiger charge is -2.41. The van der Waals surface area contributed by atoms with Gasteiger partial charge in [0.05, 0.1) is 6.20 Å². The molecule has 3 aromatic rings. The van der Waals surface area contributed by atoms with E-state index in [0.717, 1.165) is 37.9 Å². The second kappa shape index (κ2) is 10.00. The fourth-order valence-electron chi connectivity index (χ4n) is 4.66. The summed E-state index contributed by atoms with van der Waals surface area (Å²) in [6.45, 7) is 10.5. The van der Waals surface area contributed by atoms with Crippen LogP contribution in [-0.2, 0) is 6.42 Å². The number of carbonyl (C=O) groups excluding carboxylic acids is 1. The van der Waals surface area contributed by atoms with Crippen LogP contribution in [0.1, 0.15) is 56.7 Å². The van der Waals surface area contributed by atoms with Gasteiger partial charge in [0.1, 0.15) is 0 Å². The molecule has 4 rings (SSSR count). The van der Waals surface area contributed by atoms with Gasteiger partial charge in [-0.05, 0) is 57.7 Å². The van der Waals surface area contributed by atoms with Gasteiger partial charge in [-0.2, -0.15) is 0 Å². The number of aromatic nitrogens is 2. The smallest absolute Gasteiger partial charge is 0.298 e. The third-order valence-electron chi connectivity index (χ3n) is 6.92. The molecule has 0 aliphatic carbocycles. The number of para-hydroxylation sites is 1. The Balaban J connectivity index is 1.45. The Morgan fingerprint density at radius 3 is 2.67 bits per heavy atom. The highest BCUT2D eigenvalue weighted by Gasteiger charge is 2.29. The SMILES string of the molecule is CC(C)CCC(Cc1c[nH]c2ccccc12)NC(=O)c1cnc(N2C[C@@H](C)N(C)[C@H](C)C2)o1. The Morgan fingerprint density at radius 1 is 1.21 bits per heavy atom. The summed E-state index contributed by atoms with van der Waals surface area (Å²) in [5, 5.41) is 4.43. The van der Waals surface area contributed by atoms with Crippen molar-refractivity contribution in [2.45, 2.75) is 65.1 Å². The molecule has 1 unspecified atom stereocenters. The highest BCUT2D eigenvalue weighted by Crippen LogP contribution is 2.23. The highest BCUT2D eigenvalue weighted by molar-refractivity contribution is 5.91. The van der Waals surface area contributed by atoms with Gasteiger partial charge in [0.15, 0.2) is 0 Å². The monoisotopic (exact) mass is 451 g/mol. The van der Waals surface area contributed by atoms with Gasteiger partial charge in [-0.25, -0.2) is 4.98 Å². The van der Waals surface area contributed by atoms with Gasteiger partial charge >= 0.3 is 0 Å². The first-order valence-electron chi connectivity index (χ1n) is 12.1. The van der Waals surface area contributed by atoms with E-state index in [2.05, 4.69) is 84.2 Å². The number of fused-ring (bicyclic) bond motifs is 1. The van der Waals surface area contributed by atoms with Crippen molar-refractivity contribution < 1.29 is 9.21 Å². The van der Waals surface area contributed by atoms with Gasteiger partial charge in [-0.1, -0.05) is 32.0 Å². The number of H-pyrrole nitrogens is 1. The topological polar surface area (TPSA) is 77.4 Å². The predicted molar refractivity (Wildman–Crippen MR) is 133 cm³/mol. The van der Waals surface area contributed by atoms with Crippen molar-refractivity contribution >= 4 is 22.8 Å². The van der Waals surface area contributed by atoms with Crippen LogP contribution in [0.4, 0.5) is 6.01 Å². The number of oxazole rings is 1. The van der Waals surface area contributed by atoms with Crippen LogP contribution < -0.4 is 10.2 Å². The molecule has 1 aliphatic heterocycles. The summed E-state index contributed by atoms with van der Waals surface area (Å²) in [4.78, 5) is 25.4. The standard InChI is InChI=1S/C26H37N5O2/c1-17(2)10-11-21(12-20-13-27-23-9-7-6-8-22(20)23)29-25(32)24-14-28-26(33-24)31-15-18(3)30(5)19(4)16-31/h6-9,13-14,17-19,21,27H,10-12,15-16H2,1-5H3,(H,29,32)/t18-,19-,21?/m1/s1. The van der Waals surface area contributed by atoms with Gasteiger partial charge in [0.2, 0.25) is 5.76 Å². The first kappa shape index (κ1) is 23.4. The summed E-state index contributed by atoms with van der Waals surface area (Å²) in [7, 11) is 2.14. The van der Waals surface area contributed by atoms with E-state index >= 15 is 0 Å². The molecule has 1 saturated heterocycles. The molecule has 3 atom stereocenters. The van der Waals surface area contributed by atoms with Crippen molar-refractivity contribution in [2.75, 3.05) is 25.0 Å². The number of rotatable bonds is 8. The summed E-state index contributed by atoms with van der Waals surface area (Å²) >= 11 is 0. The summed E-state index contributed by atoms with van der Waals surface area (Å²) in [5.74, 6) is 0.653. The molecule has 1 aromatic carbocycles. The van der Waals surface area contributed by atoms with E-state index in [1.165, 1.54) is 10.9 Å². The number of nitrogens with one attached hydrogen (secondary N) is 2. The van der Waals surface area contributed by atoms with Gasteiger partial charge in [0, 0.05) is 48.3 Å². The fraction of sp³-hybridized carbons (Fsp3) is 0.538. The minimum absolute atomic E-state index is 0.0244. The largest absolute Gasteiger partial charge is 0.418 e. The Kier molecular flexibility index (Phi) is 7.08. The van der Waals surface area contributed by atoms with E-state index in [0.29, 0.717) is 24.0 Å². The quantitative estimate of drug-likeness (QED) is 0.529. The number of benzene rings is 1. The van der Waals surface area contributed by atoms with E-state index in [9.17, 15) is 4.79 Å².